The molecule has 1 aromatic heterocycles. The molecule has 0 atom stereocenters. The number of carbonyl (C=O) groups excluding carboxylic acids is 1. The van der Waals surface area contributed by atoms with Crippen molar-refractivity contribution in [1.29, 1.82) is 0 Å². The van der Waals surface area contributed by atoms with E-state index in [0.29, 0.717) is 27.9 Å². The fourth-order valence-electron chi connectivity index (χ4n) is 3.27. The Morgan fingerprint density at radius 2 is 1.74 bits per heavy atom. The van der Waals surface area contributed by atoms with Crippen molar-refractivity contribution in [3.63, 3.8) is 0 Å². The Hall–Kier alpha value is -3.75. The topological polar surface area (TPSA) is 82.5 Å². The van der Waals surface area contributed by atoms with Gasteiger partial charge in [0.05, 0.1) is 17.9 Å². The Labute approximate surface area is 204 Å². The number of amides is 1. The van der Waals surface area contributed by atoms with Crippen LogP contribution in [0, 0.1) is 5.82 Å². The third kappa shape index (κ3) is 5.59. The number of carbonyl (C=O) groups is 2. The smallest absolute Gasteiger partial charge is 0.322 e. The molecule has 0 aliphatic rings. The molecule has 0 aliphatic carbocycles. The predicted molar refractivity (Wildman–Crippen MR) is 131 cm³/mol. The maximum atomic E-state index is 14.7. The molecular formula is C25H19ClFN3O3S. The molecule has 0 unspecified atom stereocenters. The average molecular weight is 496 g/mol. The molecule has 4 rings (SSSR count). The Kier molecular flexibility index (Phi) is 7.20. The first kappa shape index (κ1) is 23.4. The first-order valence-electron chi connectivity index (χ1n) is 10.2. The number of para-hydroxylation sites is 1. The van der Waals surface area contributed by atoms with Gasteiger partial charge in [0.1, 0.15) is 12.4 Å². The summed E-state index contributed by atoms with van der Waals surface area (Å²) < 4.78 is 14.7. The Balaban J connectivity index is 1.61. The molecule has 0 bridgehead atoms. The number of nitrogens with one attached hydrogen (secondary N) is 1. The largest absolute Gasteiger partial charge is 0.480 e. The lowest BCUT2D eigenvalue weighted by atomic mass is 10.1. The van der Waals surface area contributed by atoms with Crippen molar-refractivity contribution in [2.24, 2.45) is 0 Å². The molecule has 4 aromatic rings. The molecule has 3 aromatic carbocycles. The van der Waals surface area contributed by atoms with E-state index in [0.717, 1.165) is 16.8 Å². The van der Waals surface area contributed by atoms with Gasteiger partial charge in [0, 0.05) is 21.5 Å². The molecule has 0 saturated heterocycles. The number of rotatable bonds is 8. The van der Waals surface area contributed by atoms with Crippen LogP contribution in [0.4, 0.5) is 15.2 Å². The SMILES string of the molecule is O=C(O)CNC(=O)c1ccc(CN(c2nc(-c3ccc(Cl)cc3)cs2)c2ccccc2F)cc1. The summed E-state index contributed by atoms with van der Waals surface area (Å²) in [7, 11) is 0. The van der Waals surface area contributed by atoms with Gasteiger partial charge in [-0.2, -0.15) is 0 Å². The minimum absolute atomic E-state index is 0.311. The highest BCUT2D eigenvalue weighted by Crippen LogP contribution is 2.35. The van der Waals surface area contributed by atoms with Crippen LogP contribution in [0.5, 0.6) is 0 Å². The number of aliphatic carboxylic acids is 1. The zero-order valence-electron chi connectivity index (χ0n) is 17.7. The van der Waals surface area contributed by atoms with Crippen LogP contribution in [0.2, 0.25) is 5.02 Å². The van der Waals surface area contributed by atoms with Crippen LogP contribution in [0.3, 0.4) is 0 Å². The second-order valence-electron chi connectivity index (χ2n) is 7.33. The lowest BCUT2D eigenvalue weighted by Crippen LogP contribution is -2.29. The molecule has 0 spiro atoms. The number of hydrogen-bond donors (Lipinski definition) is 2. The Morgan fingerprint density at radius 1 is 1.03 bits per heavy atom. The van der Waals surface area contributed by atoms with Crippen LogP contribution in [-0.2, 0) is 11.3 Å². The molecule has 0 saturated carbocycles. The van der Waals surface area contributed by atoms with Crippen molar-refractivity contribution < 1.29 is 19.1 Å². The molecular weight excluding hydrogens is 477 g/mol. The molecule has 9 heteroatoms. The number of benzene rings is 3. The maximum Gasteiger partial charge on any atom is 0.322 e. The van der Waals surface area contributed by atoms with E-state index in [1.807, 2.05) is 17.5 Å². The van der Waals surface area contributed by atoms with Gasteiger partial charge in [-0.05, 0) is 42.0 Å². The molecule has 6 nitrogen and oxygen atoms in total. The summed E-state index contributed by atoms with van der Waals surface area (Å²) in [6, 6.07) is 20.5. The lowest BCUT2D eigenvalue weighted by molar-refractivity contribution is -0.135. The highest BCUT2D eigenvalue weighted by Gasteiger charge is 2.18. The summed E-state index contributed by atoms with van der Waals surface area (Å²) in [4.78, 5) is 29.2. The number of carboxylic acids is 1. The summed E-state index contributed by atoms with van der Waals surface area (Å²) in [6.45, 7) is -0.146. The highest BCUT2D eigenvalue weighted by atomic mass is 35.5. The number of anilines is 2. The monoisotopic (exact) mass is 495 g/mol. The summed E-state index contributed by atoms with van der Waals surface area (Å²) in [5.74, 6) is -1.98. The van der Waals surface area contributed by atoms with Crippen LogP contribution in [-0.4, -0.2) is 28.5 Å². The van der Waals surface area contributed by atoms with Crippen LogP contribution in [0.1, 0.15) is 15.9 Å². The first-order valence-corrected chi connectivity index (χ1v) is 11.5. The van der Waals surface area contributed by atoms with Crippen LogP contribution in [0.25, 0.3) is 11.3 Å². The van der Waals surface area contributed by atoms with Crippen molar-refractivity contribution in [3.05, 3.63) is 100 Å². The Morgan fingerprint density at radius 3 is 2.41 bits per heavy atom. The van der Waals surface area contributed by atoms with Crippen LogP contribution >= 0.6 is 22.9 Å². The number of nitrogens with zero attached hydrogens (tertiary/aromatic N) is 2. The summed E-state index contributed by atoms with van der Waals surface area (Å²) >= 11 is 7.38. The van der Waals surface area contributed by atoms with Gasteiger partial charge in [-0.15, -0.1) is 11.3 Å². The van der Waals surface area contributed by atoms with Crippen molar-refractivity contribution >= 4 is 45.6 Å². The zero-order chi connectivity index (χ0) is 24.1. The van der Waals surface area contributed by atoms with E-state index in [1.54, 1.807) is 59.5 Å². The second-order valence-corrected chi connectivity index (χ2v) is 8.61. The number of hydrogen-bond acceptors (Lipinski definition) is 5. The van der Waals surface area contributed by atoms with E-state index in [9.17, 15) is 14.0 Å². The third-order valence-electron chi connectivity index (χ3n) is 4.96. The third-order valence-corrected chi connectivity index (χ3v) is 6.08. The van der Waals surface area contributed by atoms with Crippen LogP contribution in [0.15, 0.2) is 78.2 Å². The number of aromatic nitrogens is 1. The molecule has 0 aliphatic heterocycles. The molecule has 34 heavy (non-hydrogen) atoms. The van der Waals surface area contributed by atoms with Gasteiger partial charge >= 0.3 is 5.97 Å². The quantitative estimate of drug-likeness (QED) is 0.325. The van der Waals surface area contributed by atoms with E-state index in [1.165, 1.54) is 17.4 Å². The lowest BCUT2D eigenvalue weighted by Gasteiger charge is -2.23. The predicted octanol–water partition coefficient (Wildman–Crippen LogP) is 5.76. The van der Waals surface area contributed by atoms with Crippen molar-refractivity contribution in [2.45, 2.75) is 6.54 Å². The maximum absolute atomic E-state index is 14.7. The van der Waals surface area contributed by atoms with E-state index in [-0.39, 0.29) is 5.82 Å². The van der Waals surface area contributed by atoms with Gasteiger partial charge in [-0.3, -0.25) is 9.59 Å². The van der Waals surface area contributed by atoms with E-state index in [2.05, 4.69) is 5.32 Å². The Bertz CT molecular complexity index is 1310. The van der Waals surface area contributed by atoms with E-state index < -0.39 is 18.4 Å². The molecule has 2 N–H and O–H groups in total. The van der Waals surface area contributed by atoms with Crippen LogP contribution < -0.4 is 10.2 Å². The molecule has 1 heterocycles. The molecule has 0 radical (unpaired) electrons. The fraction of sp³-hybridized carbons (Fsp3) is 0.0800. The van der Waals surface area contributed by atoms with Crippen molar-refractivity contribution in [3.8, 4) is 11.3 Å². The minimum atomic E-state index is -1.12. The summed E-state index contributed by atoms with van der Waals surface area (Å²) in [6.07, 6.45) is 0. The van der Waals surface area contributed by atoms with Gasteiger partial charge in [-0.25, -0.2) is 9.37 Å². The minimum Gasteiger partial charge on any atom is -0.480 e. The van der Waals surface area contributed by atoms with Crippen molar-refractivity contribution in [1.82, 2.24) is 10.3 Å². The fourth-order valence-corrected chi connectivity index (χ4v) is 4.24. The average Bonchev–Trinajstić information content (AvgIpc) is 3.32. The summed E-state index contributed by atoms with van der Waals surface area (Å²) in [5, 5.41) is 14.2. The van der Waals surface area contributed by atoms with E-state index in [4.69, 9.17) is 21.7 Å². The molecule has 172 valence electrons. The number of carboxylic acid groups (broad SMARTS) is 1. The zero-order valence-corrected chi connectivity index (χ0v) is 19.3. The van der Waals surface area contributed by atoms with Gasteiger partial charge in [0.15, 0.2) is 5.13 Å². The van der Waals surface area contributed by atoms with Gasteiger partial charge in [0.25, 0.3) is 5.91 Å². The van der Waals surface area contributed by atoms with E-state index >= 15 is 0 Å². The van der Waals surface area contributed by atoms with Crippen molar-refractivity contribution in [2.75, 3.05) is 11.4 Å². The van der Waals surface area contributed by atoms with Gasteiger partial charge in [0.2, 0.25) is 0 Å². The summed E-state index contributed by atoms with van der Waals surface area (Å²) in [5.41, 5.74) is 3.19. The molecule has 0 fully saturated rings. The second kappa shape index (κ2) is 10.5. The molecule has 1 amide bonds. The van der Waals surface area contributed by atoms with Gasteiger partial charge < -0.3 is 15.3 Å². The normalized spacial score (nSPS) is 10.6. The number of halogens is 2. The number of thiazole rings is 1. The van der Waals surface area contributed by atoms with Gasteiger partial charge in [-0.1, -0.05) is 48.0 Å². The first-order chi connectivity index (χ1) is 16.4. The highest BCUT2D eigenvalue weighted by molar-refractivity contribution is 7.14. The standard InChI is InChI=1S/C25H19ClFN3O3S/c26-19-11-9-17(10-12-19)21-15-34-25(29-21)30(22-4-2-1-3-20(22)27)14-16-5-7-18(8-6-16)24(33)28-13-23(31)32/h1-12,15H,13-14H2,(H,28,33)(H,31,32).